The number of primary amides is 2. The van der Waals surface area contributed by atoms with Crippen molar-refractivity contribution >= 4 is 45.9 Å². The number of nitrogens with zero attached hydrogens (tertiary/aromatic N) is 4. The van der Waals surface area contributed by atoms with Crippen molar-refractivity contribution in [1.82, 2.24) is 19.6 Å². The number of nitrogen functional groups attached to an aromatic ring is 1. The van der Waals surface area contributed by atoms with Gasteiger partial charge >= 0.3 is 0 Å². The summed E-state index contributed by atoms with van der Waals surface area (Å²) in [5, 5.41) is 10.7. The summed E-state index contributed by atoms with van der Waals surface area (Å²) in [6.07, 6.45) is 3.17. The van der Waals surface area contributed by atoms with E-state index in [4.69, 9.17) is 38.3 Å². The molecule has 7 N–H and O–H groups in total. The SMILES string of the molecule is CCCc1nn(C)c(C(N)=O)c1N.CCCc1nn(C)c(C(N)=O)c1NC(=O)c1ccccc1OCC.CCOc1ccccc1C(=O)Cl.[V]. The molecule has 2 aromatic carbocycles. The van der Waals surface area contributed by atoms with Gasteiger partial charge in [0.1, 0.15) is 22.9 Å². The number of carbonyl (C=O) groups excluding carboxylic acids is 4. The third-order valence-corrected chi connectivity index (χ3v) is 6.99. The van der Waals surface area contributed by atoms with E-state index in [1.807, 2.05) is 27.7 Å². The second-order valence-corrected chi connectivity index (χ2v) is 10.8. The molecule has 269 valence electrons. The van der Waals surface area contributed by atoms with Gasteiger partial charge < -0.3 is 32.0 Å². The van der Waals surface area contributed by atoms with Crippen molar-refractivity contribution in [3.8, 4) is 11.5 Å². The molecule has 0 fully saturated rings. The van der Waals surface area contributed by atoms with Crippen LogP contribution in [0.5, 0.6) is 11.5 Å². The monoisotopic (exact) mass is 747 g/mol. The second-order valence-electron chi connectivity index (χ2n) is 10.4. The number of nitrogens with two attached hydrogens (primary N) is 3. The number of carbonyl (C=O) groups is 4. The standard InChI is InChI=1S/C17H22N4O3.C9H9ClO2.C8H14N4O.V/c1-4-8-12-14(15(16(18)22)21(3)20-12)19-17(23)11-9-6-7-10-13(11)24-5-2;1-2-12-8-6-4-3-5-7(8)9(10)11;1-3-4-5-6(9)7(8(10)13)12(2)11-5;/h6-7,9-10H,4-5,8H2,1-3H3,(H2,18,22)(H,19,23);3-6H,2H2,1H3;3-4,9H2,1-2H3,(H2,10,13);. The van der Waals surface area contributed by atoms with Gasteiger partial charge in [-0.2, -0.15) is 10.2 Å². The van der Waals surface area contributed by atoms with Crippen molar-refractivity contribution in [2.75, 3.05) is 24.3 Å². The van der Waals surface area contributed by atoms with Crippen molar-refractivity contribution in [2.45, 2.75) is 53.4 Å². The van der Waals surface area contributed by atoms with Gasteiger partial charge in [-0.1, -0.05) is 51.0 Å². The molecule has 0 aliphatic heterocycles. The third kappa shape index (κ3) is 11.7. The van der Waals surface area contributed by atoms with Crippen molar-refractivity contribution in [1.29, 1.82) is 0 Å². The number of benzene rings is 2. The van der Waals surface area contributed by atoms with Gasteiger partial charge in [0.15, 0.2) is 0 Å². The Morgan fingerprint density at radius 2 is 1.18 bits per heavy atom. The van der Waals surface area contributed by atoms with E-state index in [0.29, 0.717) is 65.0 Å². The van der Waals surface area contributed by atoms with Gasteiger partial charge in [0.05, 0.1) is 47.1 Å². The number of ether oxygens (including phenoxy) is 2. The molecule has 1 radical (unpaired) electrons. The molecule has 4 rings (SSSR count). The van der Waals surface area contributed by atoms with E-state index in [-0.39, 0.29) is 30.2 Å². The number of hydrogen-bond acceptors (Lipinski definition) is 9. The number of halogens is 1. The van der Waals surface area contributed by atoms with Crippen LogP contribution < -0.4 is 32.0 Å². The van der Waals surface area contributed by atoms with E-state index in [1.165, 1.54) is 9.36 Å². The number of amides is 3. The Kier molecular flexibility index (Phi) is 18.4. The molecule has 4 aromatic rings. The minimum atomic E-state index is -0.638. The summed E-state index contributed by atoms with van der Waals surface area (Å²) in [7, 11) is 3.29. The molecular formula is C34H45ClN8O6V. The maximum atomic E-state index is 12.7. The summed E-state index contributed by atoms with van der Waals surface area (Å²) in [5.41, 5.74) is 19.7. The predicted octanol–water partition coefficient (Wildman–Crippen LogP) is 4.64. The minimum absolute atomic E-state index is 0. The fourth-order valence-electron chi connectivity index (χ4n) is 4.74. The van der Waals surface area contributed by atoms with Gasteiger partial charge in [-0.05, 0) is 62.6 Å². The van der Waals surface area contributed by atoms with Crippen molar-refractivity contribution < 1.29 is 47.2 Å². The topological polar surface area (TPSA) is 212 Å². The number of nitrogens with one attached hydrogen (secondary N) is 1. The molecule has 0 spiro atoms. The van der Waals surface area contributed by atoms with Crippen LogP contribution in [-0.4, -0.2) is 55.7 Å². The van der Waals surface area contributed by atoms with Gasteiger partial charge in [-0.3, -0.25) is 28.5 Å². The zero-order valence-electron chi connectivity index (χ0n) is 29.2. The number of hydrogen-bond donors (Lipinski definition) is 4. The average Bonchev–Trinajstić information content (AvgIpc) is 3.51. The summed E-state index contributed by atoms with van der Waals surface area (Å²) >= 11 is 5.33. The largest absolute Gasteiger partial charge is 0.493 e. The molecule has 14 nitrogen and oxygen atoms in total. The van der Waals surface area contributed by atoms with E-state index in [0.717, 1.165) is 25.0 Å². The quantitative estimate of drug-likeness (QED) is 0.140. The fraction of sp³-hybridized carbons (Fsp3) is 0.353. The molecular weight excluding hydrogens is 703 g/mol. The van der Waals surface area contributed by atoms with E-state index in [1.54, 1.807) is 62.6 Å². The van der Waals surface area contributed by atoms with Gasteiger partial charge in [0, 0.05) is 32.7 Å². The Morgan fingerprint density at radius 1 is 0.740 bits per heavy atom. The van der Waals surface area contributed by atoms with E-state index in [9.17, 15) is 19.2 Å². The molecule has 0 saturated heterocycles. The summed E-state index contributed by atoms with van der Waals surface area (Å²) in [4.78, 5) is 46.2. The molecule has 0 unspecified atom stereocenters. The van der Waals surface area contributed by atoms with Gasteiger partial charge in [-0.25, -0.2) is 0 Å². The summed E-state index contributed by atoms with van der Waals surface area (Å²) in [6.45, 7) is 8.70. The Labute approximate surface area is 308 Å². The summed E-state index contributed by atoms with van der Waals surface area (Å²) in [5.74, 6) is -0.512. The first-order valence-electron chi connectivity index (χ1n) is 15.7. The Balaban J connectivity index is 0.000000407. The molecule has 0 aliphatic rings. The van der Waals surface area contributed by atoms with Crippen LogP contribution in [0, 0.1) is 0 Å². The molecule has 3 amide bonds. The maximum Gasteiger partial charge on any atom is 0.269 e. The summed E-state index contributed by atoms with van der Waals surface area (Å²) < 4.78 is 13.5. The number of aryl methyl sites for hydroxylation is 4. The second kappa shape index (κ2) is 21.3. The van der Waals surface area contributed by atoms with Gasteiger partial charge in [0.2, 0.25) is 0 Å². The Hall–Kier alpha value is -4.79. The molecule has 0 aliphatic carbocycles. The van der Waals surface area contributed by atoms with Gasteiger partial charge in [0.25, 0.3) is 23.0 Å². The van der Waals surface area contributed by atoms with Crippen LogP contribution in [0.3, 0.4) is 0 Å². The first-order chi connectivity index (χ1) is 23.3. The van der Waals surface area contributed by atoms with Crippen LogP contribution in [-0.2, 0) is 45.5 Å². The van der Waals surface area contributed by atoms with Gasteiger partial charge in [-0.15, -0.1) is 0 Å². The zero-order chi connectivity index (χ0) is 36.7. The molecule has 2 aromatic heterocycles. The molecule has 0 atom stereocenters. The van der Waals surface area contributed by atoms with Crippen LogP contribution in [0.15, 0.2) is 48.5 Å². The molecule has 50 heavy (non-hydrogen) atoms. The van der Waals surface area contributed by atoms with Crippen molar-refractivity contribution in [2.24, 2.45) is 25.6 Å². The molecule has 16 heteroatoms. The van der Waals surface area contributed by atoms with E-state index in [2.05, 4.69) is 15.5 Å². The van der Waals surface area contributed by atoms with Crippen LogP contribution in [0.2, 0.25) is 0 Å². The Bertz CT molecular complexity index is 1760. The van der Waals surface area contributed by atoms with Crippen LogP contribution in [0.1, 0.15) is 93.6 Å². The molecule has 2 heterocycles. The number of aromatic nitrogens is 4. The normalized spacial score (nSPS) is 9.98. The predicted molar refractivity (Wildman–Crippen MR) is 189 cm³/mol. The van der Waals surface area contributed by atoms with Crippen LogP contribution >= 0.6 is 11.6 Å². The van der Waals surface area contributed by atoms with E-state index < -0.39 is 17.1 Å². The zero-order valence-corrected chi connectivity index (χ0v) is 31.3. The maximum absolute atomic E-state index is 12.7. The first-order valence-corrected chi connectivity index (χ1v) is 16.1. The molecule has 0 saturated carbocycles. The van der Waals surface area contributed by atoms with Crippen molar-refractivity contribution in [3.05, 3.63) is 82.4 Å². The van der Waals surface area contributed by atoms with Crippen molar-refractivity contribution in [3.63, 3.8) is 0 Å². The summed E-state index contributed by atoms with van der Waals surface area (Å²) in [6, 6.07) is 13.8. The van der Waals surface area contributed by atoms with Crippen LogP contribution in [0.4, 0.5) is 11.4 Å². The number of para-hydroxylation sites is 2. The Morgan fingerprint density at radius 3 is 1.64 bits per heavy atom. The number of anilines is 2. The third-order valence-electron chi connectivity index (χ3n) is 6.79. The number of rotatable bonds is 13. The average molecular weight is 748 g/mol. The van der Waals surface area contributed by atoms with Crippen LogP contribution in [0.25, 0.3) is 0 Å². The fourth-order valence-corrected chi connectivity index (χ4v) is 4.90. The van der Waals surface area contributed by atoms with E-state index >= 15 is 0 Å². The first kappa shape index (κ1) is 43.2. The molecule has 0 bridgehead atoms. The minimum Gasteiger partial charge on any atom is -0.493 e. The smallest absolute Gasteiger partial charge is 0.269 e.